The maximum atomic E-state index is 13.6. The Balaban J connectivity index is 1.95. The van der Waals surface area contributed by atoms with Crippen LogP contribution in [-0.2, 0) is 0 Å². The van der Waals surface area contributed by atoms with E-state index in [0.717, 1.165) is 24.3 Å². The van der Waals surface area contributed by atoms with E-state index in [9.17, 15) is 4.39 Å². The van der Waals surface area contributed by atoms with Crippen LogP contribution in [0.1, 0.15) is 0 Å². The van der Waals surface area contributed by atoms with Crippen molar-refractivity contribution in [2.24, 2.45) is 0 Å². The molecule has 19 heavy (non-hydrogen) atoms. The van der Waals surface area contributed by atoms with Crippen molar-refractivity contribution in [2.45, 2.75) is 0 Å². The second-order valence-electron chi connectivity index (χ2n) is 3.85. The number of aromatic nitrogens is 1. The molecule has 0 aliphatic rings. The van der Waals surface area contributed by atoms with Crippen molar-refractivity contribution < 1.29 is 9.13 Å². The minimum atomic E-state index is -0.153. The summed E-state index contributed by atoms with van der Waals surface area (Å²) in [4.78, 5) is 4.55. The number of halogens is 1. The average Bonchev–Trinajstić information content (AvgIpc) is 2.82. The molecule has 0 unspecified atom stereocenters. The quantitative estimate of drug-likeness (QED) is 0.683. The van der Waals surface area contributed by atoms with Crippen LogP contribution in [0.25, 0.3) is 10.2 Å². The molecule has 0 saturated carbocycles. The monoisotopic (exact) mass is 339 g/mol. The number of hydrogen-bond donors (Lipinski definition) is 0. The number of hydrogen-bond acceptors (Lipinski definition) is 3. The van der Waals surface area contributed by atoms with Gasteiger partial charge in [0.1, 0.15) is 0 Å². The molecule has 0 fully saturated rings. The van der Waals surface area contributed by atoms with Crippen LogP contribution in [0.2, 0.25) is 0 Å². The fraction of sp³-hybridized carbons (Fsp3) is 0.0714. The van der Waals surface area contributed by atoms with Crippen molar-refractivity contribution in [3.8, 4) is 5.75 Å². The van der Waals surface area contributed by atoms with Crippen molar-refractivity contribution in [2.75, 3.05) is 7.11 Å². The van der Waals surface area contributed by atoms with Crippen LogP contribution in [0.3, 0.4) is 0 Å². The number of fused-ring (bicyclic) bond motifs is 1. The average molecular weight is 338 g/mol. The zero-order chi connectivity index (χ0) is 13.2. The predicted molar refractivity (Wildman–Crippen MR) is 77.6 cm³/mol. The summed E-state index contributed by atoms with van der Waals surface area (Å²) in [6.45, 7) is 0. The van der Waals surface area contributed by atoms with Crippen LogP contribution >= 0.6 is 11.3 Å². The summed E-state index contributed by atoms with van der Waals surface area (Å²) in [5, 5.41) is 0. The van der Waals surface area contributed by atoms with Gasteiger partial charge >= 0.3 is 120 Å². The van der Waals surface area contributed by atoms with Gasteiger partial charge in [0, 0.05) is 0 Å². The molecule has 0 bridgehead atoms. The van der Waals surface area contributed by atoms with Crippen molar-refractivity contribution in [1.82, 2.24) is 4.98 Å². The first-order chi connectivity index (χ1) is 9.26. The van der Waals surface area contributed by atoms with E-state index in [2.05, 4.69) is 4.98 Å². The van der Waals surface area contributed by atoms with Gasteiger partial charge in [-0.25, -0.2) is 0 Å². The number of nitrogens with zero attached hydrogens (tertiary/aromatic N) is 1. The van der Waals surface area contributed by atoms with Gasteiger partial charge in [0.25, 0.3) is 0 Å². The molecule has 2 nitrogen and oxygen atoms in total. The fourth-order valence-corrected chi connectivity index (χ4v) is 5.09. The summed E-state index contributed by atoms with van der Waals surface area (Å²) in [7, 11) is 1.65. The Morgan fingerprint density at radius 2 is 2.05 bits per heavy atom. The Hall–Kier alpha value is -1.42. The van der Waals surface area contributed by atoms with Gasteiger partial charge in [-0.05, 0) is 0 Å². The third kappa shape index (κ3) is 2.63. The third-order valence-corrected chi connectivity index (χ3v) is 6.09. The molecule has 96 valence electrons. The molecule has 3 aromatic rings. The van der Waals surface area contributed by atoms with Gasteiger partial charge < -0.3 is 0 Å². The molecule has 0 saturated heterocycles. The minimum absolute atomic E-state index is 0.0950. The van der Waals surface area contributed by atoms with Gasteiger partial charge in [0.2, 0.25) is 0 Å². The zero-order valence-corrected chi connectivity index (χ0v) is 12.6. The summed E-state index contributed by atoms with van der Waals surface area (Å²) in [6, 6.07) is 12.7. The first kappa shape index (κ1) is 12.6. The number of benzene rings is 2. The van der Waals surface area contributed by atoms with Gasteiger partial charge in [0.05, 0.1) is 0 Å². The van der Waals surface area contributed by atoms with E-state index in [1.54, 1.807) is 24.5 Å². The topological polar surface area (TPSA) is 22.1 Å². The maximum absolute atomic E-state index is 13.6. The van der Waals surface area contributed by atoms with E-state index < -0.39 is 0 Å². The Kier molecular flexibility index (Phi) is 3.51. The number of thiazole rings is 1. The second kappa shape index (κ2) is 5.29. The Bertz CT molecular complexity index is 728. The molecule has 0 aliphatic heterocycles. The van der Waals surface area contributed by atoms with E-state index in [1.165, 1.54) is 6.07 Å². The third-order valence-electron chi connectivity index (χ3n) is 2.61. The summed E-state index contributed by atoms with van der Waals surface area (Å²) in [5.74, 6) is 0.667. The van der Waals surface area contributed by atoms with Crippen molar-refractivity contribution in [1.29, 1.82) is 0 Å². The van der Waals surface area contributed by atoms with Gasteiger partial charge in [-0.1, -0.05) is 0 Å². The summed E-state index contributed by atoms with van der Waals surface area (Å²) in [5.41, 5.74) is 0.944. The molecule has 0 N–H and O–H groups in total. The summed E-state index contributed by atoms with van der Waals surface area (Å²) < 4.78 is 21.6. The number of ether oxygens (including phenoxy) is 1. The van der Waals surface area contributed by atoms with Crippen molar-refractivity contribution in [3.05, 3.63) is 48.3 Å². The van der Waals surface area contributed by atoms with Crippen LogP contribution in [0.15, 0.2) is 42.5 Å². The van der Waals surface area contributed by atoms with E-state index in [0.29, 0.717) is 0 Å². The van der Waals surface area contributed by atoms with Gasteiger partial charge in [0.15, 0.2) is 0 Å². The molecule has 2 aromatic carbocycles. The Labute approximate surface area is 120 Å². The molecule has 0 amide bonds. The van der Waals surface area contributed by atoms with Crippen LogP contribution in [0.5, 0.6) is 5.75 Å². The fourth-order valence-electron chi connectivity index (χ4n) is 1.68. The molecule has 0 atom stereocenters. The standard InChI is InChI=1S/C14H10FNOSSe/c1-17-9-6-7-11-12(8-9)18-14(16-11)19-13-5-3-2-4-10(13)15/h2-8H,1H3. The Morgan fingerprint density at radius 3 is 2.84 bits per heavy atom. The van der Waals surface area contributed by atoms with E-state index in [-0.39, 0.29) is 20.8 Å². The zero-order valence-electron chi connectivity index (χ0n) is 10.1. The number of methoxy groups -OCH3 is 1. The first-order valence-corrected chi connectivity index (χ1v) is 8.16. The van der Waals surface area contributed by atoms with Crippen LogP contribution < -0.4 is 13.1 Å². The van der Waals surface area contributed by atoms with E-state index in [4.69, 9.17) is 4.74 Å². The molecule has 1 aromatic heterocycles. The molecule has 0 aliphatic carbocycles. The van der Waals surface area contributed by atoms with Gasteiger partial charge in [-0.2, -0.15) is 0 Å². The van der Waals surface area contributed by atoms with Crippen LogP contribution in [-0.4, -0.2) is 27.1 Å². The van der Waals surface area contributed by atoms with E-state index >= 15 is 0 Å². The van der Waals surface area contributed by atoms with Crippen molar-refractivity contribution >= 4 is 44.9 Å². The first-order valence-electron chi connectivity index (χ1n) is 5.63. The predicted octanol–water partition coefficient (Wildman–Crippen LogP) is 2.10. The molecule has 0 spiro atoms. The summed E-state index contributed by atoms with van der Waals surface area (Å²) >= 11 is 1.51. The van der Waals surface area contributed by atoms with E-state index in [1.807, 2.05) is 30.3 Å². The summed E-state index contributed by atoms with van der Waals surface area (Å²) in [6.07, 6.45) is 0. The van der Waals surface area contributed by atoms with Crippen LogP contribution in [0, 0.1) is 5.82 Å². The SMILES string of the molecule is COc1ccc2nc([Se]c3ccccc3F)sc2c1. The second-order valence-corrected chi connectivity index (χ2v) is 7.62. The van der Waals surface area contributed by atoms with Gasteiger partial charge in [-0.3, -0.25) is 0 Å². The molecule has 1 heterocycles. The van der Waals surface area contributed by atoms with Crippen molar-refractivity contribution in [3.63, 3.8) is 0 Å². The van der Waals surface area contributed by atoms with Gasteiger partial charge in [-0.15, -0.1) is 0 Å². The molecular formula is C14H10FNOSSe. The van der Waals surface area contributed by atoms with Crippen LogP contribution in [0.4, 0.5) is 4.39 Å². The molecular weight excluding hydrogens is 328 g/mol. The normalized spacial score (nSPS) is 10.8. The molecule has 5 heteroatoms. The molecule has 3 rings (SSSR count). The molecule has 0 radical (unpaired) electrons. The Morgan fingerprint density at radius 1 is 1.21 bits per heavy atom. The number of rotatable bonds is 3.